The van der Waals surface area contributed by atoms with Crippen LogP contribution in [0.2, 0.25) is 0 Å². The molecule has 1 N–H and O–H groups in total. The van der Waals surface area contributed by atoms with E-state index in [-0.39, 0.29) is 11.4 Å². The van der Waals surface area contributed by atoms with Crippen LogP contribution in [0.4, 0.5) is 4.39 Å². The molecule has 0 saturated heterocycles. The van der Waals surface area contributed by atoms with Crippen LogP contribution < -0.4 is 5.32 Å². The van der Waals surface area contributed by atoms with Gasteiger partial charge in [-0.25, -0.2) is 4.39 Å². The summed E-state index contributed by atoms with van der Waals surface area (Å²) in [6.07, 6.45) is 1.05. The highest BCUT2D eigenvalue weighted by Gasteiger charge is 2.17. The lowest BCUT2D eigenvalue weighted by molar-refractivity contribution is 0.206. The Kier molecular flexibility index (Phi) is 5.95. The molecule has 1 atom stereocenters. The fraction of sp³-hybridized carbons (Fsp3) is 0.625. The Hall–Kier alpha value is -0.930. The number of hydrogen-bond donors (Lipinski definition) is 1. The van der Waals surface area contributed by atoms with Crippen LogP contribution in [-0.2, 0) is 6.54 Å². The van der Waals surface area contributed by atoms with Crippen molar-refractivity contribution in [2.24, 2.45) is 0 Å². The smallest absolute Gasteiger partial charge is 0.127 e. The van der Waals surface area contributed by atoms with Gasteiger partial charge in [0.05, 0.1) is 0 Å². The largest absolute Gasteiger partial charge is 0.311 e. The van der Waals surface area contributed by atoms with Gasteiger partial charge in [0, 0.05) is 30.2 Å². The number of nitrogens with zero attached hydrogens (tertiary/aromatic N) is 1. The van der Waals surface area contributed by atoms with Gasteiger partial charge in [0.15, 0.2) is 0 Å². The Labute approximate surface area is 117 Å². The van der Waals surface area contributed by atoms with Crippen LogP contribution >= 0.6 is 0 Å². The molecule has 108 valence electrons. The first-order chi connectivity index (χ1) is 8.83. The summed E-state index contributed by atoms with van der Waals surface area (Å²) in [6.45, 7) is 10.2. The fourth-order valence-electron chi connectivity index (χ4n) is 2.06. The number of hydrogen-bond acceptors (Lipinski definition) is 2. The zero-order valence-corrected chi connectivity index (χ0v) is 12.8. The average molecular weight is 266 g/mol. The molecule has 0 aliphatic heterocycles. The number of halogens is 1. The maximum absolute atomic E-state index is 13.7. The molecular formula is C16H27FN2. The highest BCUT2D eigenvalue weighted by atomic mass is 19.1. The molecule has 1 rings (SSSR count). The second-order valence-corrected chi connectivity index (χ2v) is 6.20. The normalized spacial score (nSPS) is 13.8. The maximum Gasteiger partial charge on any atom is 0.127 e. The quantitative estimate of drug-likeness (QED) is 0.848. The summed E-state index contributed by atoms with van der Waals surface area (Å²) >= 11 is 0. The molecule has 1 aromatic carbocycles. The molecule has 3 heteroatoms. The summed E-state index contributed by atoms with van der Waals surface area (Å²) in [5.41, 5.74) is 0.880. The zero-order chi connectivity index (χ0) is 14.5. The number of nitrogens with one attached hydrogen (secondary N) is 1. The van der Waals surface area contributed by atoms with Gasteiger partial charge < -0.3 is 5.32 Å². The Morgan fingerprint density at radius 3 is 2.42 bits per heavy atom. The number of benzene rings is 1. The third-order valence-electron chi connectivity index (χ3n) is 3.34. The van der Waals surface area contributed by atoms with E-state index < -0.39 is 0 Å². The maximum atomic E-state index is 13.7. The molecule has 19 heavy (non-hydrogen) atoms. The van der Waals surface area contributed by atoms with E-state index in [1.165, 1.54) is 6.07 Å². The van der Waals surface area contributed by atoms with E-state index in [9.17, 15) is 4.39 Å². The van der Waals surface area contributed by atoms with Gasteiger partial charge in [-0.05, 0) is 40.3 Å². The van der Waals surface area contributed by atoms with E-state index in [2.05, 4.69) is 45.0 Å². The van der Waals surface area contributed by atoms with Crippen molar-refractivity contribution in [3.05, 3.63) is 35.6 Å². The summed E-state index contributed by atoms with van der Waals surface area (Å²) in [6, 6.07) is 7.42. The molecule has 0 aliphatic rings. The predicted molar refractivity (Wildman–Crippen MR) is 79.7 cm³/mol. The number of rotatable bonds is 6. The van der Waals surface area contributed by atoms with Crippen LogP contribution in [0.15, 0.2) is 24.3 Å². The van der Waals surface area contributed by atoms with Gasteiger partial charge in [-0.1, -0.05) is 25.1 Å². The highest BCUT2D eigenvalue weighted by Crippen LogP contribution is 2.12. The molecule has 0 amide bonds. The van der Waals surface area contributed by atoms with Crippen LogP contribution in [0.1, 0.15) is 39.7 Å². The summed E-state index contributed by atoms with van der Waals surface area (Å²) < 4.78 is 13.7. The van der Waals surface area contributed by atoms with Gasteiger partial charge in [0.1, 0.15) is 5.82 Å². The second-order valence-electron chi connectivity index (χ2n) is 6.20. The van der Waals surface area contributed by atoms with Crippen molar-refractivity contribution < 1.29 is 4.39 Å². The topological polar surface area (TPSA) is 15.3 Å². The summed E-state index contributed by atoms with van der Waals surface area (Å²) in [5.74, 6) is -0.118. The molecule has 0 bridgehead atoms. The lowest BCUT2D eigenvalue weighted by Gasteiger charge is -2.31. The standard InChI is InChI=1S/C16H27FN2/c1-6-14(11-18-16(2,3)4)19(5)12-13-9-7-8-10-15(13)17/h7-10,14,18H,6,11-12H2,1-5H3. The molecule has 0 radical (unpaired) electrons. The van der Waals surface area contributed by atoms with E-state index in [0.717, 1.165) is 18.5 Å². The van der Waals surface area contributed by atoms with Crippen LogP contribution in [0.3, 0.4) is 0 Å². The van der Waals surface area contributed by atoms with E-state index in [1.807, 2.05) is 12.1 Å². The average Bonchev–Trinajstić information content (AvgIpc) is 2.31. The van der Waals surface area contributed by atoms with Crippen molar-refractivity contribution in [1.82, 2.24) is 10.2 Å². The van der Waals surface area contributed by atoms with E-state index in [1.54, 1.807) is 6.07 Å². The lowest BCUT2D eigenvalue weighted by atomic mass is 10.1. The third-order valence-corrected chi connectivity index (χ3v) is 3.34. The molecule has 0 saturated carbocycles. The molecule has 2 nitrogen and oxygen atoms in total. The predicted octanol–water partition coefficient (Wildman–Crippen LogP) is 3.42. The minimum atomic E-state index is -0.118. The van der Waals surface area contributed by atoms with Gasteiger partial charge >= 0.3 is 0 Å². The SMILES string of the molecule is CCC(CNC(C)(C)C)N(C)Cc1ccccc1F. The first kappa shape index (κ1) is 16.1. The number of likely N-dealkylation sites (N-methyl/N-ethyl adjacent to an activating group) is 1. The van der Waals surface area contributed by atoms with Gasteiger partial charge in [-0.3, -0.25) is 4.90 Å². The minimum Gasteiger partial charge on any atom is -0.311 e. The van der Waals surface area contributed by atoms with E-state index in [4.69, 9.17) is 0 Å². The molecule has 0 aromatic heterocycles. The molecule has 0 spiro atoms. The van der Waals surface area contributed by atoms with Crippen molar-refractivity contribution >= 4 is 0 Å². The van der Waals surface area contributed by atoms with E-state index >= 15 is 0 Å². The van der Waals surface area contributed by atoms with Crippen molar-refractivity contribution in [2.45, 2.75) is 52.2 Å². The van der Waals surface area contributed by atoms with Crippen molar-refractivity contribution in [3.8, 4) is 0 Å². The minimum absolute atomic E-state index is 0.117. The zero-order valence-electron chi connectivity index (χ0n) is 12.8. The molecule has 1 aromatic rings. The third kappa shape index (κ3) is 5.70. The molecule has 1 unspecified atom stereocenters. The second kappa shape index (κ2) is 7.01. The Morgan fingerprint density at radius 2 is 1.89 bits per heavy atom. The van der Waals surface area contributed by atoms with Crippen LogP contribution in [0, 0.1) is 5.82 Å². The monoisotopic (exact) mass is 266 g/mol. The molecule has 0 aliphatic carbocycles. The summed E-state index contributed by atoms with van der Waals surface area (Å²) in [4.78, 5) is 2.22. The van der Waals surface area contributed by atoms with Gasteiger partial charge in [0.2, 0.25) is 0 Å². The van der Waals surface area contributed by atoms with E-state index in [0.29, 0.717) is 12.6 Å². The summed E-state index contributed by atoms with van der Waals surface area (Å²) in [5, 5.41) is 3.52. The molecular weight excluding hydrogens is 239 g/mol. The van der Waals surface area contributed by atoms with Gasteiger partial charge in [0.25, 0.3) is 0 Å². The van der Waals surface area contributed by atoms with Crippen molar-refractivity contribution in [3.63, 3.8) is 0 Å². The van der Waals surface area contributed by atoms with Gasteiger partial charge in [-0.2, -0.15) is 0 Å². The van der Waals surface area contributed by atoms with Crippen molar-refractivity contribution in [1.29, 1.82) is 0 Å². The first-order valence-corrected chi connectivity index (χ1v) is 7.02. The highest BCUT2D eigenvalue weighted by molar-refractivity contribution is 5.17. The van der Waals surface area contributed by atoms with Gasteiger partial charge in [-0.15, -0.1) is 0 Å². The lowest BCUT2D eigenvalue weighted by Crippen LogP contribution is -2.46. The Bertz CT molecular complexity index is 385. The molecule has 0 fully saturated rings. The first-order valence-electron chi connectivity index (χ1n) is 7.02. The molecule has 0 heterocycles. The Balaban J connectivity index is 2.59. The summed E-state index contributed by atoms with van der Waals surface area (Å²) in [7, 11) is 2.06. The van der Waals surface area contributed by atoms with Crippen LogP contribution in [0.25, 0.3) is 0 Å². The van der Waals surface area contributed by atoms with Crippen LogP contribution in [0.5, 0.6) is 0 Å². The van der Waals surface area contributed by atoms with Crippen molar-refractivity contribution in [2.75, 3.05) is 13.6 Å². The van der Waals surface area contributed by atoms with Crippen LogP contribution in [-0.4, -0.2) is 30.1 Å². The fourth-order valence-corrected chi connectivity index (χ4v) is 2.06. The Morgan fingerprint density at radius 1 is 1.26 bits per heavy atom.